The highest BCUT2D eigenvalue weighted by molar-refractivity contribution is 7.99. The maximum Gasteiger partial charge on any atom is 0.338 e. The fourth-order valence-corrected chi connectivity index (χ4v) is 5.86. The number of rotatable bonds is 11. The molecule has 6 rings (SSSR count). The maximum absolute atomic E-state index is 13.1. The van der Waals surface area contributed by atoms with Crippen molar-refractivity contribution in [3.8, 4) is 17.2 Å². The molecule has 2 amide bonds. The number of para-hydroxylation sites is 3. The van der Waals surface area contributed by atoms with Crippen LogP contribution in [0.15, 0.2) is 97.1 Å². The highest BCUT2D eigenvalue weighted by Crippen LogP contribution is 2.40. The average molecular weight is 708 g/mol. The number of carbonyl (C=O) groups is 3. The van der Waals surface area contributed by atoms with Crippen LogP contribution >= 0.6 is 11.8 Å². The van der Waals surface area contributed by atoms with Gasteiger partial charge < -0.3 is 35.6 Å². The van der Waals surface area contributed by atoms with Crippen LogP contribution in [0.1, 0.15) is 46.5 Å². The highest BCUT2D eigenvalue weighted by Gasteiger charge is 2.21. The summed E-state index contributed by atoms with van der Waals surface area (Å²) >= 11 is 1.80. The van der Waals surface area contributed by atoms with Gasteiger partial charge in [0.25, 0.3) is 5.91 Å². The number of fused-ring (bicyclic) bond motifs is 2. The SMILES string of the molecule is CC(=O)N(C)c1ccccc1Oc1cc(C(=O)Nc2ccccc2C)c(O)c2ccccc12.CCCSCCOC(=O)c1ccc2c(c1)NNN2. The van der Waals surface area contributed by atoms with E-state index >= 15 is 0 Å². The monoisotopic (exact) mass is 707 g/mol. The summed E-state index contributed by atoms with van der Waals surface area (Å²) in [4.78, 5) is 38.3. The summed E-state index contributed by atoms with van der Waals surface area (Å²) in [6.07, 6.45) is 1.15. The van der Waals surface area contributed by atoms with Crippen LogP contribution < -0.4 is 31.3 Å². The summed E-state index contributed by atoms with van der Waals surface area (Å²) in [7, 11) is 1.67. The average Bonchev–Trinajstić information content (AvgIpc) is 3.62. The molecule has 5 aromatic rings. The van der Waals surface area contributed by atoms with E-state index in [2.05, 4.69) is 28.6 Å². The predicted molar refractivity (Wildman–Crippen MR) is 205 cm³/mol. The lowest BCUT2D eigenvalue weighted by atomic mass is 10.0. The highest BCUT2D eigenvalue weighted by atomic mass is 32.2. The molecule has 1 aliphatic rings. The Morgan fingerprint density at radius 1 is 0.843 bits per heavy atom. The number of hydrogen-bond donors (Lipinski definition) is 5. The van der Waals surface area contributed by atoms with E-state index in [1.165, 1.54) is 17.9 Å². The van der Waals surface area contributed by atoms with E-state index in [4.69, 9.17) is 9.47 Å². The topological polar surface area (TPSA) is 141 Å². The largest absolute Gasteiger partial charge is 0.506 e. The van der Waals surface area contributed by atoms with Gasteiger partial charge in [-0.3, -0.25) is 9.59 Å². The quantitative estimate of drug-likeness (QED) is 0.0675. The van der Waals surface area contributed by atoms with Crippen molar-refractivity contribution in [2.75, 3.05) is 46.2 Å². The zero-order valence-corrected chi connectivity index (χ0v) is 29.7. The summed E-state index contributed by atoms with van der Waals surface area (Å²) in [6.45, 7) is 5.97. The van der Waals surface area contributed by atoms with Crippen LogP contribution in [-0.2, 0) is 9.53 Å². The van der Waals surface area contributed by atoms with E-state index in [0.29, 0.717) is 45.8 Å². The van der Waals surface area contributed by atoms with E-state index in [1.807, 2.05) is 49.4 Å². The maximum atomic E-state index is 13.1. The molecular formula is C39H41N5O6S. The number of ether oxygens (including phenoxy) is 2. The molecule has 1 aliphatic heterocycles. The van der Waals surface area contributed by atoms with Crippen molar-refractivity contribution in [2.24, 2.45) is 0 Å². The van der Waals surface area contributed by atoms with Gasteiger partial charge >= 0.3 is 5.97 Å². The fourth-order valence-electron chi connectivity index (χ4n) is 5.17. The summed E-state index contributed by atoms with van der Waals surface area (Å²) in [6, 6.07) is 28.6. The van der Waals surface area contributed by atoms with Crippen molar-refractivity contribution < 1.29 is 29.0 Å². The van der Waals surface area contributed by atoms with Gasteiger partial charge in [0, 0.05) is 36.2 Å². The normalized spacial score (nSPS) is 11.3. The van der Waals surface area contributed by atoms with Crippen molar-refractivity contribution >= 4 is 63.1 Å². The molecule has 0 saturated heterocycles. The van der Waals surface area contributed by atoms with Gasteiger partial charge in [0.15, 0.2) is 5.75 Å². The van der Waals surface area contributed by atoms with Crippen LogP contribution in [0.4, 0.5) is 22.7 Å². The van der Waals surface area contributed by atoms with Crippen LogP contribution in [0.3, 0.4) is 0 Å². The molecule has 51 heavy (non-hydrogen) atoms. The Hall–Kier alpha value is -5.72. The van der Waals surface area contributed by atoms with Crippen LogP contribution in [0.5, 0.6) is 17.2 Å². The molecule has 264 valence electrons. The Balaban J connectivity index is 0.000000236. The zero-order chi connectivity index (χ0) is 36.3. The molecule has 0 spiro atoms. The van der Waals surface area contributed by atoms with E-state index in [-0.39, 0.29) is 23.2 Å². The Morgan fingerprint density at radius 2 is 1.55 bits per heavy atom. The first kappa shape index (κ1) is 36.6. The molecule has 0 unspecified atom stereocenters. The zero-order valence-electron chi connectivity index (χ0n) is 28.9. The number of anilines is 4. The first-order chi connectivity index (χ1) is 24.7. The molecule has 0 fully saturated rings. The lowest BCUT2D eigenvalue weighted by Crippen LogP contribution is -2.23. The number of carbonyl (C=O) groups excluding carboxylic acids is 3. The molecule has 1 heterocycles. The Labute approximate surface area is 301 Å². The van der Waals surface area contributed by atoms with Gasteiger partial charge in [0.1, 0.15) is 18.1 Å². The molecule has 11 nitrogen and oxygen atoms in total. The Bertz CT molecular complexity index is 2040. The smallest absolute Gasteiger partial charge is 0.338 e. The second-order valence-corrected chi connectivity index (χ2v) is 12.8. The van der Waals surface area contributed by atoms with Gasteiger partial charge in [0.05, 0.1) is 28.2 Å². The van der Waals surface area contributed by atoms with Crippen molar-refractivity contribution in [3.63, 3.8) is 0 Å². The van der Waals surface area contributed by atoms with Crippen LogP contribution in [-0.4, -0.2) is 48.1 Å². The van der Waals surface area contributed by atoms with Gasteiger partial charge in [0.2, 0.25) is 5.91 Å². The third-order valence-corrected chi connectivity index (χ3v) is 9.15. The molecule has 5 N–H and O–H groups in total. The second-order valence-electron chi connectivity index (χ2n) is 11.6. The van der Waals surface area contributed by atoms with Gasteiger partial charge in [-0.25, -0.2) is 4.79 Å². The van der Waals surface area contributed by atoms with Crippen molar-refractivity contribution in [1.82, 2.24) is 5.53 Å². The Kier molecular flexibility index (Phi) is 12.4. The first-order valence-corrected chi connectivity index (χ1v) is 17.6. The molecule has 5 aromatic carbocycles. The van der Waals surface area contributed by atoms with E-state index in [0.717, 1.165) is 34.9 Å². The number of benzene rings is 5. The molecule has 0 saturated carbocycles. The summed E-state index contributed by atoms with van der Waals surface area (Å²) in [5.41, 5.74) is 13.2. The summed E-state index contributed by atoms with van der Waals surface area (Å²) in [5.74, 6) is 1.82. The molecule has 0 radical (unpaired) electrons. The summed E-state index contributed by atoms with van der Waals surface area (Å²) in [5, 5.41) is 14.9. The lowest BCUT2D eigenvalue weighted by Gasteiger charge is -2.20. The molecule has 12 heteroatoms. The van der Waals surface area contributed by atoms with Gasteiger partial charge in [-0.1, -0.05) is 61.5 Å². The molecule has 0 bridgehead atoms. The van der Waals surface area contributed by atoms with Crippen LogP contribution in [0.2, 0.25) is 0 Å². The number of phenolic OH excluding ortho intramolecular Hbond substituents is 1. The number of hydrogen-bond acceptors (Lipinski definition) is 10. The first-order valence-electron chi connectivity index (χ1n) is 16.5. The number of hydrazine groups is 2. The summed E-state index contributed by atoms with van der Waals surface area (Å²) < 4.78 is 11.4. The fraction of sp³-hybridized carbons (Fsp3) is 0.205. The van der Waals surface area contributed by atoms with Crippen molar-refractivity contribution in [2.45, 2.75) is 27.2 Å². The number of amides is 2. The third kappa shape index (κ3) is 9.10. The number of aryl methyl sites for hydroxylation is 1. The number of nitrogens with one attached hydrogen (secondary N) is 4. The van der Waals surface area contributed by atoms with Crippen LogP contribution in [0.25, 0.3) is 10.8 Å². The van der Waals surface area contributed by atoms with Crippen molar-refractivity contribution in [3.05, 3.63) is 114 Å². The van der Waals surface area contributed by atoms with Gasteiger partial charge in [-0.15, -0.1) is 5.53 Å². The minimum absolute atomic E-state index is 0.0874. The second kappa shape index (κ2) is 17.3. The van der Waals surface area contributed by atoms with Gasteiger partial charge in [-0.2, -0.15) is 11.8 Å². The third-order valence-electron chi connectivity index (χ3n) is 7.99. The van der Waals surface area contributed by atoms with Crippen LogP contribution in [0, 0.1) is 6.92 Å². The van der Waals surface area contributed by atoms with E-state index in [1.54, 1.807) is 67.3 Å². The number of esters is 1. The standard InChI is InChI=1S/C27H24N2O4.C12H17N3O2S/c1-17-10-4-7-13-22(17)28-27(32)21-16-25(19-11-5-6-12-20(19)26(21)31)33-24-15-9-8-14-23(24)29(3)18(2)30;1-2-6-18-7-5-17-12(16)9-3-4-10-11(8-9)14-15-13-10/h4-16,31H,1-3H3,(H,28,32);3-4,8,13-15H,2,5-7H2,1H3. The number of aromatic hydroxyl groups is 1. The minimum atomic E-state index is -0.452. The number of nitrogens with zero attached hydrogens (tertiary/aromatic N) is 1. The van der Waals surface area contributed by atoms with Crippen molar-refractivity contribution in [1.29, 1.82) is 0 Å². The van der Waals surface area contributed by atoms with E-state index in [9.17, 15) is 19.5 Å². The molecule has 0 aliphatic carbocycles. The lowest BCUT2D eigenvalue weighted by molar-refractivity contribution is -0.116. The van der Waals surface area contributed by atoms with E-state index < -0.39 is 5.91 Å². The van der Waals surface area contributed by atoms with Gasteiger partial charge in [-0.05, 0) is 67.1 Å². The minimum Gasteiger partial charge on any atom is -0.506 e. The molecule has 0 aromatic heterocycles. The predicted octanol–water partition coefficient (Wildman–Crippen LogP) is 8.12. The number of phenols is 1. The molecular weight excluding hydrogens is 667 g/mol. The number of thioether (sulfide) groups is 1. The molecule has 0 atom stereocenters. The Morgan fingerprint density at radius 3 is 2.31 bits per heavy atom.